The Balaban J connectivity index is 1.60. The van der Waals surface area contributed by atoms with Gasteiger partial charge in [0.1, 0.15) is 5.82 Å². The van der Waals surface area contributed by atoms with Gasteiger partial charge >= 0.3 is 5.97 Å². The van der Waals surface area contributed by atoms with Crippen LogP contribution in [0, 0.1) is 5.82 Å². The van der Waals surface area contributed by atoms with Crippen LogP contribution in [0.3, 0.4) is 0 Å². The van der Waals surface area contributed by atoms with E-state index in [9.17, 15) is 23.9 Å². The molecular formula is C32H29FN2O4. The van der Waals surface area contributed by atoms with Gasteiger partial charge in [-0.05, 0) is 52.9 Å². The summed E-state index contributed by atoms with van der Waals surface area (Å²) in [5.41, 5.74) is 3.73. The van der Waals surface area contributed by atoms with Crippen LogP contribution in [0.2, 0.25) is 0 Å². The van der Waals surface area contributed by atoms with Crippen molar-refractivity contribution in [3.63, 3.8) is 0 Å². The number of hydrogen-bond donors (Lipinski definition) is 2. The van der Waals surface area contributed by atoms with Crippen molar-refractivity contribution in [2.24, 2.45) is 0 Å². The van der Waals surface area contributed by atoms with Gasteiger partial charge in [0, 0.05) is 30.8 Å². The van der Waals surface area contributed by atoms with Gasteiger partial charge in [0.2, 0.25) is 0 Å². The molecule has 39 heavy (non-hydrogen) atoms. The van der Waals surface area contributed by atoms with Crippen molar-refractivity contribution in [1.29, 1.82) is 0 Å². The van der Waals surface area contributed by atoms with Gasteiger partial charge in [0.15, 0.2) is 0 Å². The molecule has 0 aliphatic heterocycles. The van der Waals surface area contributed by atoms with Gasteiger partial charge in [0.05, 0.1) is 6.42 Å². The van der Waals surface area contributed by atoms with Crippen LogP contribution >= 0.6 is 0 Å². The van der Waals surface area contributed by atoms with Gasteiger partial charge in [0.25, 0.3) is 11.8 Å². The number of carboxylic acid groups (broad SMARTS) is 1. The molecule has 6 nitrogen and oxygen atoms in total. The molecule has 4 rings (SSSR count). The molecule has 0 aromatic heterocycles. The third-order valence-corrected chi connectivity index (χ3v) is 6.38. The van der Waals surface area contributed by atoms with E-state index in [-0.39, 0.29) is 37.1 Å². The average Bonchev–Trinajstić information content (AvgIpc) is 2.97. The molecule has 4 aromatic carbocycles. The highest BCUT2D eigenvalue weighted by Gasteiger charge is 2.22. The number of halogens is 1. The molecule has 2 N–H and O–H groups in total. The van der Waals surface area contributed by atoms with E-state index in [4.69, 9.17) is 0 Å². The lowest BCUT2D eigenvalue weighted by molar-refractivity contribution is -0.137. The Hall–Kier alpha value is -4.78. The van der Waals surface area contributed by atoms with Crippen molar-refractivity contribution < 1.29 is 23.9 Å². The molecule has 0 bridgehead atoms. The van der Waals surface area contributed by atoms with Crippen LogP contribution in [0.5, 0.6) is 0 Å². The number of carbonyl (C=O) groups is 3. The van der Waals surface area contributed by atoms with Gasteiger partial charge in [-0.1, -0.05) is 78.9 Å². The predicted molar refractivity (Wildman–Crippen MR) is 148 cm³/mol. The predicted octanol–water partition coefficient (Wildman–Crippen LogP) is 5.58. The van der Waals surface area contributed by atoms with Crippen molar-refractivity contribution in [2.75, 3.05) is 13.1 Å². The maximum Gasteiger partial charge on any atom is 0.305 e. The summed E-state index contributed by atoms with van der Waals surface area (Å²) >= 11 is 0. The molecule has 2 amide bonds. The number of hydrogen-bond acceptors (Lipinski definition) is 3. The Labute approximate surface area is 226 Å². The van der Waals surface area contributed by atoms with E-state index >= 15 is 0 Å². The minimum atomic E-state index is -0.982. The molecule has 7 heteroatoms. The van der Waals surface area contributed by atoms with E-state index in [0.29, 0.717) is 35.2 Å². The minimum absolute atomic E-state index is 0.0646. The number of nitrogens with zero attached hydrogens (tertiary/aromatic N) is 1. The quantitative estimate of drug-likeness (QED) is 0.268. The zero-order valence-electron chi connectivity index (χ0n) is 21.3. The number of carbonyl (C=O) groups excluding carboxylic acids is 2. The highest BCUT2D eigenvalue weighted by Crippen LogP contribution is 2.28. The molecule has 0 atom stereocenters. The van der Waals surface area contributed by atoms with Crippen molar-refractivity contribution in [3.8, 4) is 11.1 Å². The first-order valence-corrected chi connectivity index (χ1v) is 12.7. The number of nitrogens with one attached hydrogen (secondary N) is 1. The van der Waals surface area contributed by atoms with Crippen LogP contribution in [0.1, 0.15) is 38.3 Å². The lowest BCUT2D eigenvalue weighted by Gasteiger charge is -2.24. The number of rotatable bonds is 11. The fourth-order valence-corrected chi connectivity index (χ4v) is 4.32. The van der Waals surface area contributed by atoms with Gasteiger partial charge in [-0.25, -0.2) is 4.39 Å². The zero-order chi connectivity index (χ0) is 27.6. The molecule has 0 saturated heterocycles. The fraction of sp³-hybridized carbons (Fsp3) is 0.156. The topological polar surface area (TPSA) is 86.7 Å². The van der Waals surface area contributed by atoms with Gasteiger partial charge in [-0.2, -0.15) is 0 Å². The smallest absolute Gasteiger partial charge is 0.305 e. The minimum Gasteiger partial charge on any atom is -0.481 e. The Morgan fingerprint density at radius 2 is 1.28 bits per heavy atom. The molecule has 198 valence electrons. The SMILES string of the molecule is O=C(O)CCN(CCc1ccccc1)C(=O)c1ccccc1-c1ccccc1C(=O)NCc1ccc(F)cc1. The first-order chi connectivity index (χ1) is 18.9. The van der Waals surface area contributed by atoms with Crippen LogP contribution in [-0.2, 0) is 17.8 Å². The van der Waals surface area contributed by atoms with Gasteiger partial charge in [-0.15, -0.1) is 0 Å². The largest absolute Gasteiger partial charge is 0.481 e. The van der Waals surface area contributed by atoms with Crippen LogP contribution in [0.25, 0.3) is 11.1 Å². The summed E-state index contributed by atoms with van der Waals surface area (Å²) in [6.07, 6.45) is 0.405. The molecule has 0 radical (unpaired) electrons. The van der Waals surface area contributed by atoms with Crippen LogP contribution in [-0.4, -0.2) is 40.9 Å². The summed E-state index contributed by atoms with van der Waals surface area (Å²) in [5, 5.41) is 12.1. The molecule has 0 spiro atoms. The molecule has 0 unspecified atom stereocenters. The molecule has 0 saturated carbocycles. The second-order valence-electron chi connectivity index (χ2n) is 9.07. The highest BCUT2D eigenvalue weighted by atomic mass is 19.1. The first-order valence-electron chi connectivity index (χ1n) is 12.7. The van der Waals surface area contributed by atoms with Crippen LogP contribution in [0.4, 0.5) is 4.39 Å². The maximum absolute atomic E-state index is 13.8. The molecular weight excluding hydrogens is 495 g/mol. The number of aliphatic carboxylic acids is 1. The highest BCUT2D eigenvalue weighted by molar-refractivity contribution is 6.06. The number of carboxylic acids is 1. The van der Waals surface area contributed by atoms with Crippen LogP contribution < -0.4 is 5.32 Å². The van der Waals surface area contributed by atoms with E-state index in [1.807, 2.05) is 30.3 Å². The molecule has 4 aromatic rings. The van der Waals surface area contributed by atoms with E-state index in [1.165, 1.54) is 12.1 Å². The average molecular weight is 525 g/mol. The lowest BCUT2D eigenvalue weighted by atomic mass is 9.94. The summed E-state index contributed by atoms with van der Waals surface area (Å²) < 4.78 is 13.2. The summed E-state index contributed by atoms with van der Waals surface area (Å²) in [7, 11) is 0. The van der Waals surface area contributed by atoms with Crippen LogP contribution in [0.15, 0.2) is 103 Å². The van der Waals surface area contributed by atoms with Crippen molar-refractivity contribution in [2.45, 2.75) is 19.4 Å². The van der Waals surface area contributed by atoms with Crippen molar-refractivity contribution in [3.05, 3.63) is 131 Å². The number of amides is 2. The van der Waals surface area contributed by atoms with E-state index < -0.39 is 5.97 Å². The summed E-state index contributed by atoms with van der Waals surface area (Å²) in [6, 6.07) is 29.6. The van der Waals surface area contributed by atoms with Gasteiger partial charge < -0.3 is 15.3 Å². The monoisotopic (exact) mass is 524 g/mol. The summed E-state index contributed by atoms with van der Waals surface area (Å²) in [6.45, 7) is 0.635. The summed E-state index contributed by atoms with van der Waals surface area (Å²) in [5.74, 6) is -1.96. The Kier molecular flexibility index (Phi) is 9.19. The normalized spacial score (nSPS) is 10.6. The van der Waals surface area contributed by atoms with Crippen molar-refractivity contribution in [1.82, 2.24) is 10.2 Å². The first kappa shape index (κ1) is 27.3. The standard InChI is InChI=1S/C32H29FN2O4/c33-25-16-14-24(15-17-25)22-34-31(38)28-12-6-4-10-26(28)27-11-5-7-13-29(27)32(39)35(21-19-30(36)37)20-18-23-8-2-1-3-9-23/h1-17H,18-22H2,(H,34,38)(H,36,37). The lowest BCUT2D eigenvalue weighted by Crippen LogP contribution is -2.35. The molecule has 0 aliphatic rings. The Bertz CT molecular complexity index is 1440. The maximum atomic E-state index is 13.8. The van der Waals surface area contributed by atoms with E-state index in [2.05, 4.69) is 5.32 Å². The Morgan fingerprint density at radius 3 is 1.95 bits per heavy atom. The third-order valence-electron chi connectivity index (χ3n) is 6.38. The molecule has 0 fully saturated rings. The number of benzene rings is 4. The summed E-state index contributed by atoms with van der Waals surface area (Å²) in [4.78, 5) is 39.9. The zero-order valence-corrected chi connectivity index (χ0v) is 21.3. The second-order valence-corrected chi connectivity index (χ2v) is 9.07. The van der Waals surface area contributed by atoms with E-state index in [0.717, 1.165) is 11.1 Å². The van der Waals surface area contributed by atoms with Crippen molar-refractivity contribution >= 4 is 17.8 Å². The van der Waals surface area contributed by atoms with E-state index in [1.54, 1.807) is 65.6 Å². The van der Waals surface area contributed by atoms with Gasteiger partial charge in [-0.3, -0.25) is 14.4 Å². The molecule has 0 heterocycles. The third kappa shape index (κ3) is 7.38. The Morgan fingerprint density at radius 1 is 0.692 bits per heavy atom. The fourth-order valence-electron chi connectivity index (χ4n) is 4.32. The second kappa shape index (κ2) is 13.1. The molecule has 0 aliphatic carbocycles.